The Morgan fingerprint density at radius 3 is 2.85 bits per heavy atom. The Labute approximate surface area is 154 Å². The van der Waals surface area contributed by atoms with Crippen LogP contribution in [0.4, 0.5) is 5.69 Å². The number of ether oxygens (including phenoxy) is 3. The summed E-state index contributed by atoms with van der Waals surface area (Å²) in [6, 6.07) is 13.2. The molecule has 134 valence electrons. The van der Waals surface area contributed by atoms with E-state index in [4.69, 9.17) is 14.2 Å². The first kappa shape index (κ1) is 16.8. The lowest BCUT2D eigenvalue weighted by molar-refractivity contribution is -0.121. The van der Waals surface area contributed by atoms with Gasteiger partial charge in [-0.1, -0.05) is 12.1 Å². The molecule has 3 aromatic rings. The first-order valence-electron chi connectivity index (χ1n) is 8.23. The molecular weight excluding hydrogens is 352 g/mol. The molecule has 26 heavy (non-hydrogen) atoms. The van der Waals surface area contributed by atoms with Gasteiger partial charge in [0.15, 0.2) is 11.5 Å². The molecule has 0 bridgehead atoms. The number of amides is 1. The molecule has 0 saturated heterocycles. The topological polar surface area (TPSA) is 69.7 Å². The van der Waals surface area contributed by atoms with E-state index in [2.05, 4.69) is 10.3 Å². The zero-order valence-electron chi connectivity index (χ0n) is 14.4. The van der Waals surface area contributed by atoms with E-state index in [0.717, 1.165) is 15.2 Å². The zero-order valence-corrected chi connectivity index (χ0v) is 15.3. The fraction of sp³-hybridized carbons (Fsp3) is 0.263. The predicted molar refractivity (Wildman–Crippen MR) is 99.7 cm³/mol. The SMILES string of the molecule is CC1(C)Oc2ccc(NC(=O)COCc3nc4ccccc4s3)cc2O1. The molecule has 1 aliphatic heterocycles. The van der Waals surface area contributed by atoms with Crippen molar-refractivity contribution in [2.75, 3.05) is 11.9 Å². The second-order valence-corrected chi connectivity index (χ2v) is 7.50. The van der Waals surface area contributed by atoms with Gasteiger partial charge in [-0.25, -0.2) is 4.98 Å². The predicted octanol–water partition coefficient (Wildman–Crippen LogP) is 3.96. The van der Waals surface area contributed by atoms with Gasteiger partial charge in [-0.15, -0.1) is 11.3 Å². The molecule has 0 saturated carbocycles. The van der Waals surface area contributed by atoms with E-state index in [1.165, 1.54) is 0 Å². The van der Waals surface area contributed by atoms with Crippen molar-refractivity contribution in [2.24, 2.45) is 0 Å². The van der Waals surface area contributed by atoms with E-state index in [-0.39, 0.29) is 12.5 Å². The molecule has 7 heteroatoms. The normalized spacial score (nSPS) is 14.5. The number of benzene rings is 2. The van der Waals surface area contributed by atoms with Crippen molar-refractivity contribution in [2.45, 2.75) is 26.2 Å². The van der Waals surface area contributed by atoms with Crippen LogP contribution in [0.25, 0.3) is 10.2 Å². The van der Waals surface area contributed by atoms with E-state index in [1.54, 1.807) is 29.5 Å². The lowest BCUT2D eigenvalue weighted by atomic mass is 10.3. The summed E-state index contributed by atoms with van der Waals surface area (Å²) >= 11 is 1.57. The summed E-state index contributed by atoms with van der Waals surface area (Å²) in [6.45, 7) is 3.93. The molecule has 0 aliphatic carbocycles. The average Bonchev–Trinajstić information content (AvgIpc) is 3.12. The Bertz CT molecular complexity index is 934. The van der Waals surface area contributed by atoms with Crippen molar-refractivity contribution >= 4 is 33.1 Å². The third-order valence-corrected chi connectivity index (χ3v) is 4.75. The van der Waals surface area contributed by atoms with Crippen molar-refractivity contribution in [3.05, 3.63) is 47.5 Å². The Morgan fingerprint density at radius 1 is 1.19 bits per heavy atom. The Hall–Kier alpha value is -2.64. The van der Waals surface area contributed by atoms with Crippen LogP contribution in [0.5, 0.6) is 11.5 Å². The number of hydrogen-bond acceptors (Lipinski definition) is 6. The summed E-state index contributed by atoms with van der Waals surface area (Å²) < 4.78 is 17.9. The van der Waals surface area contributed by atoms with Crippen molar-refractivity contribution in [1.29, 1.82) is 0 Å². The quantitative estimate of drug-likeness (QED) is 0.736. The molecule has 6 nitrogen and oxygen atoms in total. The molecule has 1 amide bonds. The van der Waals surface area contributed by atoms with Gasteiger partial charge in [0, 0.05) is 25.6 Å². The Kier molecular flexibility index (Phi) is 4.26. The summed E-state index contributed by atoms with van der Waals surface area (Å²) in [7, 11) is 0. The van der Waals surface area contributed by atoms with Gasteiger partial charge in [0.1, 0.15) is 11.6 Å². The molecular formula is C19H18N2O4S. The highest BCUT2D eigenvalue weighted by Crippen LogP contribution is 2.40. The van der Waals surface area contributed by atoms with Crippen molar-refractivity contribution < 1.29 is 19.0 Å². The molecule has 0 unspecified atom stereocenters. The van der Waals surface area contributed by atoms with Gasteiger partial charge in [-0.3, -0.25) is 4.79 Å². The largest absolute Gasteiger partial charge is 0.449 e. The van der Waals surface area contributed by atoms with Crippen LogP contribution in [0.1, 0.15) is 18.9 Å². The van der Waals surface area contributed by atoms with Crippen LogP contribution >= 0.6 is 11.3 Å². The molecule has 2 heterocycles. The number of carbonyl (C=O) groups is 1. The van der Waals surface area contributed by atoms with Crippen LogP contribution in [-0.2, 0) is 16.1 Å². The van der Waals surface area contributed by atoms with Crippen molar-refractivity contribution in [1.82, 2.24) is 4.98 Å². The van der Waals surface area contributed by atoms with Crippen LogP contribution in [-0.4, -0.2) is 23.3 Å². The maximum absolute atomic E-state index is 12.1. The number of carbonyl (C=O) groups excluding carboxylic acids is 1. The highest BCUT2D eigenvalue weighted by molar-refractivity contribution is 7.18. The van der Waals surface area contributed by atoms with Crippen LogP contribution in [0.3, 0.4) is 0 Å². The monoisotopic (exact) mass is 370 g/mol. The Morgan fingerprint density at radius 2 is 2.00 bits per heavy atom. The lowest BCUT2D eigenvalue weighted by Gasteiger charge is -2.16. The van der Waals surface area contributed by atoms with Crippen LogP contribution < -0.4 is 14.8 Å². The van der Waals surface area contributed by atoms with E-state index in [0.29, 0.717) is 23.8 Å². The molecule has 0 spiro atoms. The van der Waals surface area contributed by atoms with Crippen LogP contribution in [0.15, 0.2) is 42.5 Å². The lowest BCUT2D eigenvalue weighted by Crippen LogP contribution is -2.29. The highest BCUT2D eigenvalue weighted by atomic mass is 32.1. The molecule has 1 N–H and O–H groups in total. The number of thiazole rings is 1. The third kappa shape index (κ3) is 3.63. The van der Waals surface area contributed by atoms with E-state index < -0.39 is 5.79 Å². The zero-order chi connectivity index (χ0) is 18.1. The standard InChI is InChI=1S/C19H18N2O4S/c1-19(2)24-14-8-7-12(9-15(14)25-19)20-17(22)10-23-11-18-21-13-5-3-4-6-16(13)26-18/h3-9H,10-11H2,1-2H3,(H,20,22). The summed E-state index contributed by atoms with van der Waals surface area (Å²) in [6.07, 6.45) is 0. The first-order valence-corrected chi connectivity index (χ1v) is 9.04. The van der Waals surface area contributed by atoms with E-state index in [9.17, 15) is 4.79 Å². The van der Waals surface area contributed by atoms with Crippen LogP contribution in [0.2, 0.25) is 0 Å². The minimum absolute atomic E-state index is 0.0458. The molecule has 2 aromatic carbocycles. The molecule has 1 aromatic heterocycles. The second-order valence-electron chi connectivity index (χ2n) is 6.38. The van der Waals surface area contributed by atoms with E-state index >= 15 is 0 Å². The molecule has 0 radical (unpaired) electrons. The Balaban J connectivity index is 1.30. The molecule has 4 rings (SSSR count). The minimum Gasteiger partial charge on any atom is -0.449 e. The molecule has 0 fully saturated rings. The third-order valence-electron chi connectivity index (χ3n) is 3.74. The maximum Gasteiger partial charge on any atom is 0.250 e. The molecule has 1 aliphatic rings. The van der Waals surface area contributed by atoms with Crippen molar-refractivity contribution in [3.8, 4) is 11.5 Å². The fourth-order valence-electron chi connectivity index (χ4n) is 2.71. The number of rotatable bonds is 5. The maximum atomic E-state index is 12.1. The average molecular weight is 370 g/mol. The number of fused-ring (bicyclic) bond motifs is 2. The van der Waals surface area contributed by atoms with Gasteiger partial charge >= 0.3 is 0 Å². The van der Waals surface area contributed by atoms with Gasteiger partial charge in [-0.2, -0.15) is 0 Å². The fourth-order valence-corrected chi connectivity index (χ4v) is 3.62. The molecule has 0 atom stereocenters. The van der Waals surface area contributed by atoms with Crippen LogP contribution in [0, 0.1) is 0 Å². The highest BCUT2D eigenvalue weighted by Gasteiger charge is 2.31. The summed E-state index contributed by atoms with van der Waals surface area (Å²) in [5.74, 6) is 0.359. The van der Waals surface area contributed by atoms with Crippen molar-refractivity contribution in [3.63, 3.8) is 0 Å². The number of para-hydroxylation sites is 1. The number of nitrogens with one attached hydrogen (secondary N) is 1. The number of hydrogen-bond donors (Lipinski definition) is 1. The number of nitrogens with zero attached hydrogens (tertiary/aromatic N) is 1. The smallest absolute Gasteiger partial charge is 0.250 e. The first-order chi connectivity index (χ1) is 12.5. The van der Waals surface area contributed by atoms with E-state index in [1.807, 2.05) is 38.1 Å². The van der Waals surface area contributed by atoms with Gasteiger partial charge in [0.25, 0.3) is 0 Å². The van der Waals surface area contributed by atoms with Gasteiger partial charge in [-0.05, 0) is 24.3 Å². The van der Waals surface area contributed by atoms with Gasteiger partial charge in [0.2, 0.25) is 11.7 Å². The summed E-state index contributed by atoms with van der Waals surface area (Å²) in [5.41, 5.74) is 1.59. The van der Waals surface area contributed by atoms with Gasteiger partial charge in [0.05, 0.1) is 16.8 Å². The summed E-state index contributed by atoms with van der Waals surface area (Å²) in [4.78, 5) is 16.6. The second kappa shape index (κ2) is 6.59. The minimum atomic E-state index is -0.689. The van der Waals surface area contributed by atoms with Gasteiger partial charge < -0.3 is 19.5 Å². The number of aromatic nitrogens is 1. The number of anilines is 1. The summed E-state index contributed by atoms with van der Waals surface area (Å²) in [5, 5.41) is 3.65.